The van der Waals surface area contributed by atoms with Crippen LogP contribution in [-0.2, 0) is 4.74 Å². The van der Waals surface area contributed by atoms with Crippen molar-refractivity contribution in [1.82, 2.24) is 5.16 Å². The number of hydrogen-bond acceptors (Lipinski definition) is 5. The average Bonchev–Trinajstić information content (AvgIpc) is 2.81. The predicted molar refractivity (Wildman–Crippen MR) is 69.3 cm³/mol. The van der Waals surface area contributed by atoms with E-state index in [1.807, 2.05) is 0 Å². The summed E-state index contributed by atoms with van der Waals surface area (Å²) in [6.07, 6.45) is -4.93. The molecule has 0 atom stereocenters. The number of aryl methyl sites for hydroxylation is 1. The maximum atomic E-state index is 14.0. The molecule has 0 fully saturated rings. The summed E-state index contributed by atoms with van der Waals surface area (Å²) in [4.78, 5) is 11.9. The molecule has 0 saturated heterocycles. The molecular weight excluding hydrogens is 322 g/mol. The number of esters is 1. The lowest BCUT2D eigenvalue weighted by atomic mass is 10.1. The Morgan fingerprint density at radius 1 is 1.35 bits per heavy atom. The Kier molecular flexibility index (Phi) is 4.57. The van der Waals surface area contributed by atoms with Crippen molar-refractivity contribution in [2.24, 2.45) is 0 Å². The van der Waals surface area contributed by atoms with Gasteiger partial charge in [-0.25, -0.2) is 9.18 Å². The molecule has 124 valence electrons. The Labute approximate surface area is 127 Å². The molecule has 23 heavy (non-hydrogen) atoms. The first-order valence-corrected chi connectivity index (χ1v) is 6.42. The van der Waals surface area contributed by atoms with Crippen molar-refractivity contribution < 1.29 is 36.4 Å². The van der Waals surface area contributed by atoms with Gasteiger partial charge in [-0.05, 0) is 32.0 Å². The Bertz CT molecular complexity index is 724. The zero-order valence-electron chi connectivity index (χ0n) is 12.0. The van der Waals surface area contributed by atoms with Gasteiger partial charge in [-0.2, -0.15) is 0 Å². The standard InChI is InChI=1S/C14H11F4NO4/c1-3-21-13(20)11-7(2)23-19-12(11)9-6-8(4-5-10(9)15)22-14(16,17)18/h4-6H,3H2,1-2H3. The highest BCUT2D eigenvalue weighted by Gasteiger charge is 2.32. The molecule has 0 unspecified atom stereocenters. The molecule has 0 aliphatic rings. The number of carbonyl (C=O) groups is 1. The molecule has 1 aromatic carbocycles. The van der Waals surface area contributed by atoms with Gasteiger partial charge in [0, 0.05) is 5.56 Å². The molecule has 9 heteroatoms. The Hall–Kier alpha value is -2.58. The van der Waals surface area contributed by atoms with Crippen LogP contribution in [-0.4, -0.2) is 24.1 Å². The van der Waals surface area contributed by atoms with E-state index in [1.165, 1.54) is 6.92 Å². The second-order valence-corrected chi connectivity index (χ2v) is 4.37. The van der Waals surface area contributed by atoms with Crippen molar-refractivity contribution in [2.45, 2.75) is 20.2 Å². The van der Waals surface area contributed by atoms with Gasteiger partial charge >= 0.3 is 12.3 Å². The van der Waals surface area contributed by atoms with Crippen molar-refractivity contribution in [3.8, 4) is 17.0 Å². The molecule has 0 spiro atoms. The fraction of sp³-hybridized carbons (Fsp3) is 0.286. The lowest BCUT2D eigenvalue weighted by molar-refractivity contribution is -0.274. The van der Waals surface area contributed by atoms with Crippen LogP contribution in [0.5, 0.6) is 5.75 Å². The molecule has 1 aromatic heterocycles. The first-order valence-electron chi connectivity index (χ1n) is 6.42. The summed E-state index contributed by atoms with van der Waals surface area (Å²) in [7, 11) is 0. The van der Waals surface area contributed by atoms with Gasteiger partial charge in [0.2, 0.25) is 0 Å². The van der Waals surface area contributed by atoms with Gasteiger partial charge in [0.1, 0.15) is 28.6 Å². The van der Waals surface area contributed by atoms with Crippen LogP contribution in [0.25, 0.3) is 11.3 Å². The van der Waals surface area contributed by atoms with Gasteiger partial charge in [-0.15, -0.1) is 13.2 Å². The number of hydrogen-bond donors (Lipinski definition) is 0. The normalized spacial score (nSPS) is 11.4. The molecule has 0 bridgehead atoms. The van der Waals surface area contributed by atoms with Crippen LogP contribution in [0.3, 0.4) is 0 Å². The van der Waals surface area contributed by atoms with Crippen LogP contribution in [0.4, 0.5) is 17.6 Å². The molecule has 0 aliphatic carbocycles. The first kappa shape index (κ1) is 16.8. The van der Waals surface area contributed by atoms with E-state index in [0.29, 0.717) is 0 Å². The van der Waals surface area contributed by atoms with Crippen molar-refractivity contribution in [2.75, 3.05) is 6.61 Å². The smallest absolute Gasteiger partial charge is 0.462 e. The van der Waals surface area contributed by atoms with E-state index in [9.17, 15) is 22.4 Å². The summed E-state index contributed by atoms with van der Waals surface area (Å²) in [5, 5.41) is 3.54. The lowest BCUT2D eigenvalue weighted by Gasteiger charge is -2.10. The van der Waals surface area contributed by atoms with Crippen molar-refractivity contribution in [1.29, 1.82) is 0 Å². The highest BCUT2D eigenvalue weighted by atomic mass is 19.4. The maximum Gasteiger partial charge on any atom is 0.573 e. The van der Waals surface area contributed by atoms with Crippen LogP contribution in [0.15, 0.2) is 22.7 Å². The van der Waals surface area contributed by atoms with E-state index in [0.717, 1.165) is 18.2 Å². The zero-order chi connectivity index (χ0) is 17.2. The molecule has 0 amide bonds. The Balaban J connectivity index is 2.50. The number of carbonyl (C=O) groups excluding carboxylic acids is 1. The molecule has 5 nitrogen and oxygen atoms in total. The quantitative estimate of drug-likeness (QED) is 0.628. The summed E-state index contributed by atoms with van der Waals surface area (Å²) in [5.74, 6) is -2.30. The monoisotopic (exact) mass is 333 g/mol. The SMILES string of the molecule is CCOC(=O)c1c(-c2cc(OC(F)(F)F)ccc2F)noc1C. The van der Waals surface area contributed by atoms with E-state index >= 15 is 0 Å². The van der Waals surface area contributed by atoms with Crippen LogP contribution in [0, 0.1) is 12.7 Å². The first-order chi connectivity index (χ1) is 10.7. The van der Waals surface area contributed by atoms with Crippen molar-refractivity contribution in [3.63, 3.8) is 0 Å². The minimum Gasteiger partial charge on any atom is -0.462 e. The number of aromatic nitrogens is 1. The van der Waals surface area contributed by atoms with Crippen LogP contribution in [0.2, 0.25) is 0 Å². The molecule has 2 aromatic rings. The van der Waals surface area contributed by atoms with Gasteiger partial charge in [-0.3, -0.25) is 0 Å². The predicted octanol–water partition coefficient (Wildman–Crippen LogP) is 3.86. The van der Waals surface area contributed by atoms with Crippen molar-refractivity contribution >= 4 is 5.97 Å². The van der Waals surface area contributed by atoms with Gasteiger partial charge < -0.3 is 14.0 Å². The van der Waals surface area contributed by atoms with Crippen LogP contribution < -0.4 is 4.74 Å². The fourth-order valence-electron chi connectivity index (χ4n) is 1.88. The molecule has 2 rings (SSSR count). The molecule has 0 aliphatic heterocycles. The second kappa shape index (κ2) is 6.27. The number of benzene rings is 1. The Morgan fingerprint density at radius 3 is 2.65 bits per heavy atom. The Morgan fingerprint density at radius 2 is 2.04 bits per heavy atom. The fourth-order valence-corrected chi connectivity index (χ4v) is 1.88. The van der Waals surface area contributed by atoms with Crippen molar-refractivity contribution in [3.05, 3.63) is 35.3 Å². The molecule has 1 heterocycles. The largest absolute Gasteiger partial charge is 0.573 e. The zero-order valence-corrected chi connectivity index (χ0v) is 12.0. The third kappa shape index (κ3) is 3.79. The molecular formula is C14H11F4NO4. The number of halogens is 4. The number of nitrogens with zero attached hydrogens (tertiary/aromatic N) is 1. The highest BCUT2D eigenvalue weighted by molar-refractivity contribution is 5.97. The van der Waals surface area contributed by atoms with Gasteiger partial charge in [0.15, 0.2) is 0 Å². The minimum absolute atomic E-state index is 0.0555. The summed E-state index contributed by atoms with van der Waals surface area (Å²) < 4.78 is 64.1. The van der Waals surface area contributed by atoms with Crippen LogP contribution >= 0.6 is 0 Å². The van der Waals surface area contributed by atoms with E-state index in [4.69, 9.17) is 9.26 Å². The third-order valence-electron chi connectivity index (χ3n) is 2.77. The highest BCUT2D eigenvalue weighted by Crippen LogP contribution is 2.32. The number of alkyl halides is 3. The number of ether oxygens (including phenoxy) is 2. The van der Waals surface area contributed by atoms with E-state index in [1.54, 1.807) is 6.92 Å². The minimum atomic E-state index is -4.93. The second-order valence-electron chi connectivity index (χ2n) is 4.37. The summed E-state index contributed by atoms with van der Waals surface area (Å²) >= 11 is 0. The number of rotatable bonds is 4. The summed E-state index contributed by atoms with van der Waals surface area (Å²) in [6.45, 7) is 3.03. The lowest BCUT2D eigenvalue weighted by Crippen LogP contribution is -2.17. The molecule has 0 radical (unpaired) electrons. The maximum absolute atomic E-state index is 14.0. The summed E-state index contributed by atoms with van der Waals surface area (Å²) in [6, 6.07) is 2.36. The topological polar surface area (TPSA) is 61.6 Å². The van der Waals surface area contributed by atoms with Crippen LogP contribution in [0.1, 0.15) is 23.0 Å². The van der Waals surface area contributed by atoms with Gasteiger partial charge in [0.25, 0.3) is 0 Å². The van der Waals surface area contributed by atoms with E-state index in [-0.39, 0.29) is 29.2 Å². The average molecular weight is 333 g/mol. The van der Waals surface area contributed by atoms with Gasteiger partial charge in [0.05, 0.1) is 6.61 Å². The van der Waals surface area contributed by atoms with Gasteiger partial charge in [-0.1, -0.05) is 5.16 Å². The molecule has 0 saturated carbocycles. The van der Waals surface area contributed by atoms with E-state index in [2.05, 4.69) is 9.89 Å². The summed E-state index contributed by atoms with van der Waals surface area (Å²) in [5.41, 5.74) is -0.785. The molecule has 0 N–H and O–H groups in total. The third-order valence-corrected chi connectivity index (χ3v) is 2.77. The van der Waals surface area contributed by atoms with E-state index < -0.39 is 23.9 Å².